The molecule has 0 unspecified atom stereocenters. The molecular formula is C20H19N3O3. The van der Waals surface area contributed by atoms with Gasteiger partial charge in [0.1, 0.15) is 0 Å². The van der Waals surface area contributed by atoms with Crippen LogP contribution in [0.4, 0.5) is 4.79 Å². The summed E-state index contributed by atoms with van der Waals surface area (Å²) in [7, 11) is 0. The van der Waals surface area contributed by atoms with Crippen molar-refractivity contribution < 1.29 is 15.0 Å². The number of hydrogen-bond donors (Lipinski definition) is 1. The molecule has 1 amide bonds. The molecule has 0 bridgehead atoms. The summed E-state index contributed by atoms with van der Waals surface area (Å²) in [6.07, 6.45) is 3.71. The molecule has 0 fully saturated rings. The van der Waals surface area contributed by atoms with Crippen LogP contribution in [-0.4, -0.2) is 22.8 Å². The molecule has 3 aromatic rings. The summed E-state index contributed by atoms with van der Waals surface area (Å²) in [4.78, 5) is 16.1. The van der Waals surface area contributed by atoms with E-state index in [1.165, 1.54) is 6.21 Å². The minimum atomic E-state index is -0.622. The van der Waals surface area contributed by atoms with Gasteiger partial charge in [0.05, 0.1) is 6.21 Å². The lowest BCUT2D eigenvalue weighted by atomic mass is 10.0. The summed E-state index contributed by atoms with van der Waals surface area (Å²) in [6, 6.07) is 22.7. The molecule has 2 aromatic carbocycles. The van der Waals surface area contributed by atoms with Crippen molar-refractivity contribution in [3.63, 3.8) is 0 Å². The van der Waals surface area contributed by atoms with E-state index in [4.69, 9.17) is 4.74 Å². The van der Waals surface area contributed by atoms with Gasteiger partial charge in [0, 0.05) is 12.4 Å². The van der Waals surface area contributed by atoms with E-state index in [1.807, 2.05) is 60.7 Å². The number of carbonyl (C=O) groups is 1. The van der Waals surface area contributed by atoms with Gasteiger partial charge in [0.2, 0.25) is 0 Å². The van der Waals surface area contributed by atoms with Crippen LogP contribution in [0.3, 0.4) is 0 Å². The number of ether oxygens (including phenoxy) is 1. The number of hydrazone groups is 1. The molecule has 6 nitrogen and oxygen atoms in total. The second-order valence-electron chi connectivity index (χ2n) is 5.26. The van der Waals surface area contributed by atoms with Gasteiger partial charge in [0.25, 0.3) is 0 Å². The van der Waals surface area contributed by atoms with Crippen molar-refractivity contribution in [2.75, 3.05) is 0 Å². The van der Waals surface area contributed by atoms with Gasteiger partial charge in [-0.05, 0) is 28.8 Å². The Morgan fingerprint density at radius 1 is 0.923 bits per heavy atom. The Morgan fingerprint density at radius 3 is 2.00 bits per heavy atom. The van der Waals surface area contributed by atoms with Gasteiger partial charge >= 0.3 is 6.09 Å². The maximum absolute atomic E-state index is 12.1. The second-order valence-corrected chi connectivity index (χ2v) is 5.26. The lowest BCUT2D eigenvalue weighted by molar-refractivity contribution is 0.117. The molecule has 26 heavy (non-hydrogen) atoms. The Balaban J connectivity index is 0.00000243. The molecule has 3 rings (SSSR count). The van der Waals surface area contributed by atoms with Crippen LogP contribution in [0.2, 0.25) is 0 Å². The first kappa shape index (κ1) is 18.8. The van der Waals surface area contributed by atoms with Crippen molar-refractivity contribution in [3.8, 4) is 0 Å². The Labute approximate surface area is 151 Å². The Morgan fingerprint density at radius 2 is 1.46 bits per heavy atom. The van der Waals surface area contributed by atoms with Crippen molar-refractivity contribution in [3.05, 3.63) is 102 Å². The molecule has 0 aliphatic heterocycles. The van der Waals surface area contributed by atoms with Gasteiger partial charge in [-0.3, -0.25) is 4.98 Å². The van der Waals surface area contributed by atoms with Crippen LogP contribution in [0.15, 0.2) is 90.3 Å². The first-order valence-electron chi connectivity index (χ1n) is 7.82. The maximum Gasteiger partial charge on any atom is 0.428 e. The third-order valence-corrected chi connectivity index (χ3v) is 3.51. The molecular weight excluding hydrogens is 330 g/mol. The SMILES string of the molecule is O.O=C(NN=Cc1ccncc1)OC(c1ccccc1)c1ccccc1. The fourth-order valence-electron chi connectivity index (χ4n) is 2.33. The number of amides is 1. The number of nitrogens with one attached hydrogen (secondary N) is 1. The molecule has 0 saturated heterocycles. The fourth-order valence-corrected chi connectivity index (χ4v) is 2.33. The number of carbonyl (C=O) groups excluding carboxylic acids is 1. The summed E-state index contributed by atoms with van der Waals surface area (Å²) in [5.41, 5.74) is 5.00. The van der Waals surface area contributed by atoms with E-state index in [0.717, 1.165) is 16.7 Å². The van der Waals surface area contributed by atoms with E-state index in [2.05, 4.69) is 15.5 Å². The van der Waals surface area contributed by atoms with Gasteiger partial charge in [-0.25, -0.2) is 10.2 Å². The molecule has 0 spiro atoms. The maximum atomic E-state index is 12.1. The van der Waals surface area contributed by atoms with Crippen molar-refractivity contribution in [2.24, 2.45) is 5.10 Å². The van der Waals surface area contributed by atoms with Crippen LogP contribution in [0.5, 0.6) is 0 Å². The molecule has 6 heteroatoms. The quantitative estimate of drug-likeness (QED) is 0.566. The van der Waals surface area contributed by atoms with Crippen LogP contribution < -0.4 is 5.43 Å². The second kappa shape index (κ2) is 9.71. The molecule has 1 heterocycles. The summed E-state index contributed by atoms with van der Waals surface area (Å²) in [5, 5.41) is 3.90. The molecule has 3 N–H and O–H groups in total. The number of benzene rings is 2. The minimum Gasteiger partial charge on any atom is -0.435 e. The van der Waals surface area contributed by atoms with Gasteiger partial charge in [-0.2, -0.15) is 5.10 Å². The highest BCUT2D eigenvalue weighted by atomic mass is 16.6. The number of aromatic nitrogens is 1. The molecule has 132 valence electrons. The average Bonchev–Trinajstić information content (AvgIpc) is 2.68. The molecule has 0 saturated carbocycles. The highest BCUT2D eigenvalue weighted by Gasteiger charge is 2.18. The van der Waals surface area contributed by atoms with E-state index in [1.54, 1.807) is 24.5 Å². The normalized spacial score (nSPS) is 10.3. The zero-order valence-corrected chi connectivity index (χ0v) is 13.9. The number of pyridine rings is 1. The zero-order chi connectivity index (χ0) is 17.3. The van der Waals surface area contributed by atoms with Gasteiger partial charge in [-0.15, -0.1) is 0 Å². The third-order valence-electron chi connectivity index (χ3n) is 3.51. The Hall–Kier alpha value is -3.51. The number of hydrogen-bond acceptors (Lipinski definition) is 4. The van der Waals surface area contributed by atoms with E-state index in [-0.39, 0.29) is 5.48 Å². The third kappa shape index (κ3) is 5.25. The van der Waals surface area contributed by atoms with Crippen LogP contribution in [0, 0.1) is 0 Å². The summed E-state index contributed by atoms with van der Waals surface area (Å²) >= 11 is 0. The van der Waals surface area contributed by atoms with E-state index < -0.39 is 12.2 Å². The molecule has 1 aromatic heterocycles. The first-order valence-corrected chi connectivity index (χ1v) is 7.82. The molecule has 0 atom stereocenters. The standard InChI is InChI=1S/C20H17N3O2.H2O/c24-20(23-22-15-16-11-13-21-14-12-16)25-19(17-7-3-1-4-8-17)18-9-5-2-6-10-18;/h1-15,19H,(H,23,24);1H2. The van der Waals surface area contributed by atoms with Gasteiger partial charge in [-0.1, -0.05) is 60.7 Å². The highest BCUT2D eigenvalue weighted by Crippen LogP contribution is 2.25. The van der Waals surface area contributed by atoms with Crippen molar-refractivity contribution in [2.45, 2.75) is 6.10 Å². The number of nitrogens with zero attached hydrogens (tertiary/aromatic N) is 2. The van der Waals surface area contributed by atoms with Crippen molar-refractivity contribution in [1.82, 2.24) is 10.4 Å². The first-order chi connectivity index (χ1) is 12.3. The average molecular weight is 349 g/mol. The fraction of sp³-hybridized carbons (Fsp3) is 0.0500. The molecule has 0 radical (unpaired) electrons. The lowest BCUT2D eigenvalue weighted by Gasteiger charge is -2.18. The molecule has 0 aliphatic rings. The van der Waals surface area contributed by atoms with Crippen LogP contribution >= 0.6 is 0 Å². The highest BCUT2D eigenvalue weighted by molar-refractivity contribution is 5.80. The van der Waals surface area contributed by atoms with Gasteiger partial charge in [0.15, 0.2) is 6.10 Å². The predicted molar refractivity (Wildman–Crippen MR) is 99.8 cm³/mol. The van der Waals surface area contributed by atoms with E-state index in [0.29, 0.717) is 0 Å². The number of rotatable bonds is 5. The van der Waals surface area contributed by atoms with Gasteiger partial charge < -0.3 is 10.2 Å². The van der Waals surface area contributed by atoms with E-state index in [9.17, 15) is 4.79 Å². The summed E-state index contributed by atoms with van der Waals surface area (Å²) < 4.78 is 5.58. The lowest BCUT2D eigenvalue weighted by Crippen LogP contribution is -2.22. The summed E-state index contributed by atoms with van der Waals surface area (Å²) in [6.45, 7) is 0. The largest absolute Gasteiger partial charge is 0.435 e. The van der Waals surface area contributed by atoms with Crippen molar-refractivity contribution in [1.29, 1.82) is 0 Å². The van der Waals surface area contributed by atoms with Crippen LogP contribution in [-0.2, 0) is 4.74 Å². The van der Waals surface area contributed by atoms with Crippen LogP contribution in [0.1, 0.15) is 22.8 Å². The smallest absolute Gasteiger partial charge is 0.428 e. The Kier molecular flexibility index (Phi) is 7.03. The summed E-state index contributed by atoms with van der Waals surface area (Å²) in [5.74, 6) is 0. The van der Waals surface area contributed by atoms with Crippen LogP contribution in [0.25, 0.3) is 0 Å². The van der Waals surface area contributed by atoms with E-state index >= 15 is 0 Å². The topological polar surface area (TPSA) is 95.1 Å². The molecule has 0 aliphatic carbocycles. The zero-order valence-electron chi connectivity index (χ0n) is 13.9. The van der Waals surface area contributed by atoms with Crippen molar-refractivity contribution >= 4 is 12.3 Å². The monoisotopic (exact) mass is 349 g/mol. The Bertz CT molecular complexity index is 785. The predicted octanol–water partition coefficient (Wildman–Crippen LogP) is 3.11. The minimum absolute atomic E-state index is 0.